The highest BCUT2D eigenvalue weighted by Gasteiger charge is 2.13. The first-order valence-corrected chi connectivity index (χ1v) is 9.48. The molecule has 0 aromatic heterocycles. The maximum atomic E-state index is 11.0. The number of carbonyl (C=O) groups is 2. The molecule has 0 aliphatic heterocycles. The lowest BCUT2D eigenvalue weighted by atomic mass is 10.0. The molecule has 0 aliphatic rings. The van der Waals surface area contributed by atoms with E-state index in [9.17, 15) is 14.7 Å². The first kappa shape index (κ1) is 19.2. The number of phenolic OH excluding ortho intramolecular Hbond substituents is 1. The van der Waals surface area contributed by atoms with Crippen LogP contribution in [0.2, 0.25) is 0 Å². The molecule has 4 aromatic carbocycles. The Kier molecular flexibility index (Phi) is 5.39. The predicted octanol–water partition coefficient (Wildman–Crippen LogP) is 6.15. The van der Waals surface area contributed by atoms with Gasteiger partial charge in [-0.25, -0.2) is 0 Å². The number of aldehydes is 2. The van der Waals surface area contributed by atoms with Crippen LogP contribution in [-0.4, -0.2) is 17.7 Å². The van der Waals surface area contributed by atoms with Crippen LogP contribution in [0.15, 0.2) is 97.1 Å². The topological polar surface area (TPSA) is 57.6 Å². The molecular weight excluding hydrogens is 374 g/mol. The summed E-state index contributed by atoms with van der Waals surface area (Å²) in [5.74, 6) is 0.235. The Balaban J connectivity index is 1.75. The summed E-state index contributed by atoms with van der Waals surface area (Å²) in [7, 11) is 0. The molecule has 146 valence electrons. The molecule has 0 amide bonds. The lowest BCUT2D eigenvalue weighted by Crippen LogP contribution is -2.10. The van der Waals surface area contributed by atoms with E-state index in [0.717, 1.165) is 40.8 Å². The van der Waals surface area contributed by atoms with Crippen LogP contribution in [0.3, 0.4) is 0 Å². The zero-order chi connectivity index (χ0) is 20.9. The van der Waals surface area contributed by atoms with E-state index >= 15 is 0 Å². The van der Waals surface area contributed by atoms with Crippen molar-refractivity contribution >= 4 is 29.6 Å². The molecule has 30 heavy (non-hydrogen) atoms. The van der Waals surface area contributed by atoms with E-state index in [1.165, 1.54) is 0 Å². The summed E-state index contributed by atoms with van der Waals surface area (Å²) in [6.07, 6.45) is 1.64. The second-order valence-electron chi connectivity index (χ2n) is 6.85. The molecule has 1 N–H and O–H groups in total. The summed E-state index contributed by atoms with van der Waals surface area (Å²) >= 11 is 0. The van der Waals surface area contributed by atoms with Gasteiger partial charge in [-0.2, -0.15) is 0 Å². The van der Waals surface area contributed by atoms with Crippen molar-refractivity contribution in [1.82, 2.24) is 0 Å². The van der Waals surface area contributed by atoms with Gasteiger partial charge in [0.1, 0.15) is 18.3 Å². The number of nitrogens with zero attached hydrogens (tertiary/aromatic N) is 1. The van der Waals surface area contributed by atoms with E-state index in [0.29, 0.717) is 11.1 Å². The van der Waals surface area contributed by atoms with Gasteiger partial charge in [-0.3, -0.25) is 9.59 Å². The second kappa shape index (κ2) is 8.45. The lowest BCUT2D eigenvalue weighted by molar-refractivity contribution is 0.111. The average Bonchev–Trinajstić information content (AvgIpc) is 2.81. The molecule has 4 aromatic rings. The van der Waals surface area contributed by atoms with Crippen molar-refractivity contribution in [3.8, 4) is 16.9 Å². The van der Waals surface area contributed by atoms with Crippen molar-refractivity contribution in [2.45, 2.75) is 0 Å². The van der Waals surface area contributed by atoms with Gasteiger partial charge in [0.25, 0.3) is 0 Å². The minimum Gasteiger partial charge on any atom is -0.508 e. The smallest absolute Gasteiger partial charge is 0.150 e. The maximum Gasteiger partial charge on any atom is 0.150 e. The molecule has 0 aliphatic carbocycles. The fourth-order valence-corrected chi connectivity index (χ4v) is 3.31. The Labute approximate surface area is 174 Å². The van der Waals surface area contributed by atoms with Crippen molar-refractivity contribution in [3.05, 3.63) is 108 Å². The van der Waals surface area contributed by atoms with Crippen molar-refractivity contribution in [2.24, 2.45) is 0 Å². The van der Waals surface area contributed by atoms with Gasteiger partial charge in [-0.05, 0) is 83.9 Å². The molecule has 0 unspecified atom stereocenters. The van der Waals surface area contributed by atoms with Crippen LogP contribution < -0.4 is 4.90 Å². The van der Waals surface area contributed by atoms with E-state index in [1.54, 1.807) is 36.4 Å². The number of hydrogen-bond acceptors (Lipinski definition) is 4. The molecule has 0 radical (unpaired) electrons. The number of aromatic hydroxyl groups is 1. The maximum absolute atomic E-state index is 11.0. The van der Waals surface area contributed by atoms with Crippen molar-refractivity contribution in [3.63, 3.8) is 0 Å². The van der Waals surface area contributed by atoms with Gasteiger partial charge in [0.2, 0.25) is 0 Å². The molecular formula is C26H19NO3. The number of anilines is 3. The first-order chi connectivity index (χ1) is 14.7. The van der Waals surface area contributed by atoms with Crippen LogP contribution in [0, 0.1) is 0 Å². The Morgan fingerprint density at radius 1 is 0.500 bits per heavy atom. The fraction of sp³-hybridized carbons (Fsp3) is 0. The fourth-order valence-electron chi connectivity index (χ4n) is 3.31. The van der Waals surface area contributed by atoms with Crippen LogP contribution in [0.25, 0.3) is 11.1 Å². The van der Waals surface area contributed by atoms with E-state index < -0.39 is 0 Å². The van der Waals surface area contributed by atoms with Crippen molar-refractivity contribution in [1.29, 1.82) is 0 Å². The van der Waals surface area contributed by atoms with Gasteiger partial charge in [-0.1, -0.05) is 24.3 Å². The largest absolute Gasteiger partial charge is 0.508 e. The van der Waals surface area contributed by atoms with E-state index in [-0.39, 0.29) is 5.75 Å². The summed E-state index contributed by atoms with van der Waals surface area (Å²) in [6.45, 7) is 0. The molecule has 0 atom stereocenters. The van der Waals surface area contributed by atoms with Gasteiger partial charge < -0.3 is 10.0 Å². The zero-order valence-corrected chi connectivity index (χ0v) is 16.1. The van der Waals surface area contributed by atoms with Gasteiger partial charge >= 0.3 is 0 Å². The molecule has 0 saturated carbocycles. The highest BCUT2D eigenvalue weighted by Crippen LogP contribution is 2.35. The Hall–Kier alpha value is -4.18. The molecule has 0 saturated heterocycles. The molecule has 0 spiro atoms. The van der Waals surface area contributed by atoms with Crippen LogP contribution in [0.4, 0.5) is 17.1 Å². The average molecular weight is 393 g/mol. The van der Waals surface area contributed by atoms with Gasteiger partial charge in [0.15, 0.2) is 0 Å². The molecule has 4 nitrogen and oxygen atoms in total. The third-order valence-electron chi connectivity index (χ3n) is 4.90. The highest BCUT2D eigenvalue weighted by molar-refractivity contribution is 5.82. The SMILES string of the molecule is O=Cc1ccc(N(c2ccc(C=O)cc2)c2ccc(-c3ccc(O)cc3)cc2)cc1. The third kappa shape index (κ3) is 3.98. The quantitative estimate of drug-likeness (QED) is 0.399. The van der Waals surface area contributed by atoms with E-state index in [1.807, 2.05) is 60.7 Å². The van der Waals surface area contributed by atoms with E-state index in [2.05, 4.69) is 4.90 Å². The van der Waals surface area contributed by atoms with Crippen LogP contribution in [-0.2, 0) is 0 Å². The summed E-state index contributed by atoms with van der Waals surface area (Å²) in [5, 5.41) is 9.50. The monoisotopic (exact) mass is 393 g/mol. The number of carbonyl (C=O) groups excluding carboxylic acids is 2. The van der Waals surface area contributed by atoms with Crippen LogP contribution in [0.1, 0.15) is 20.7 Å². The predicted molar refractivity (Wildman–Crippen MR) is 119 cm³/mol. The molecule has 0 heterocycles. The summed E-state index contributed by atoms with van der Waals surface area (Å²) in [4.78, 5) is 24.1. The van der Waals surface area contributed by atoms with Crippen LogP contribution in [0.5, 0.6) is 5.75 Å². The summed E-state index contributed by atoms with van der Waals surface area (Å²) in [6, 6.07) is 29.8. The molecule has 0 fully saturated rings. The first-order valence-electron chi connectivity index (χ1n) is 9.48. The normalized spacial score (nSPS) is 10.4. The number of rotatable bonds is 6. The highest BCUT2D eigenvalue weighted by atomic mass is 16.3. The summed E-state index contributed by atoms with van der Waals surface area (Å²) in [5.41, 5.74) is 6.00. The van der Waals surface area contributed by atoms with Crippen LogP contribution >= 0.6 is 0 Å². The molecule has 4 rings (SSSR count). The standard InChI is InChI=1S/C26H19NO3/c28-17-19-1-9-23(10-2-19)27(24-11-3-20(18-29)4-12-24)25-13-5-21(6-14-25)22-7-15-26(30)16-8-22/h1-18,30H. The lowest BCUT2D eigenvalue weighted by Gasteiger charge is -2.26. The van der Waals surface area contributed by atoms with Gasteiger partial charge in [0, 0.05) is 28.2 Å². The Bertz CT molecular complexity index is 1100. The third-order valence-corrected chi connectivity index (χ3v) is 4.90. The van der Waals surface area contributed by atoms with Crippen molar-refractivity contribution in [2.75, 3.05) is 4.90 Å². The van der Waals surface area contributed by atoms with Crippen molar-refractivity contribution < 1.29 is 14.7 Å². The molecule has 0 bridgehead atoms. The zero-order valence-electron chi connectivity index (χ0n) is 16.1. The Morgan fingerprint density at radius 3 is 1.20 bits per heavy atom. The van der Waals surface area contributed by atoms with Gasteiger partial charge in [0.05, 0.1) is 0 Å². The second-order valence-corrected chi connectivity index (χ2v) is 6.85. The minimum atomic E-state index is 0.235. The minimum absolute atomic E-state index is 0.235. The number of phenols is 1. The van der Waals surface area contributed by atoms with Gasteiger partial charge in [-0.15, -0.1) is 0 Å². The Morgan fingerprint density at radius 2 is 0.833 bits per heavy atom. The number of benzene rings is 4. The summed E-state index contributed by atoms with van der Waals surface area (Å²) < 4.78 is 0. The molecule has 4 heteroatoms. The number of hydrogen-bond donors (Lipinski definition) is 1. The van der Waals surface area contributed by atoms with E-state index in [4.69, 9.17) is 0 Å².